The van der Waals surface area contributed by atoms with Gasteiger partial charge >= 0.3 is 0 Å². The summed E-state index contributed by atoms with van der Waals surface area (Å²) in [5.74, 6) is 0.194. The molecule has 0 radical (unpaired) electrons. The lowest BCUT2D eigenvalue weighted by Gasteiger charge is -2.10. The molecule has 3 rings (SSSR count). The number of likely N-dealkylation sites (N-methyl/N-ethyl adjacent to an activating group) is 1. The third-order valence-electron chi connectivity index (χ3n) is 3.53. The fourth-order valence-electron chi connectivity index (χ4n) is 2.33. The minimum Gasteiger partial charge on any atom is -0.353 e. The Morgan fingerprint density at radius 3 is 2.94 bits per heavy atom. The van der Waals surface area contributed by atoms with Gasteiger partial charge in [0, 0.05) is 18.8 Å². The zero-order chi connectivity index (χ0) is 12.7. The van der Waals surface area contributed by atoms with Crippen molar-refractivity contribution in [1.29, 1.82) is 0 Å². The fourth-order valence-corrected chi connectivity index (χ4v) is 2.33. The molecule has 0 aromatic heterocycles. The van der Waals surface area contributed by atoms with E-state index >= 15 is 0 Å². The molecule has 1 aliphatic heterocycles. The predicted octanol–water partition coefficient (Wildman–Crippen LogP) is 1.03. The number of anilines is 1. The molecule has 1 N–H and O–H groups in total. The summed E-state index contributed by atoms with van der Waals surface area (Å²) in [5, 5.41) is 2.97. The SMILES string of the molecule is CN1C(=O)Cc2cc(CC(=O)NC3CC3)ccc21. The highest BCUT2D eigenvalue weighted by molar-refractivity contribution is 6.01. The lowest BCUT2D eigenvalue weighted by Crippen LogP contribution is -2.26. The first kappa shape index (κ1) is 11.3. The molecule has 4 nitrogen and oxygen atoms in total. The quantitative estimate of drug-likeness (QED) is 0.863. The van der Waals surface area contributed by atoms with E-state index in [0.29, 0.717) is 18.9 Å². The molecule has 1 saturated carbocycles. The van der Waals surface area contributed by atoms with Crippen molar-refractivity contribution in [2.24, 2.45) is 0 Å². The highest BCUT2D eigenvalue weighted by Gasteiger charge is 2.25. The van der Waals surface area contributed by atoms with Gasteiger partial charge in [-0.15, -0.1) is 0 Å². The molecule has 0 spiro atoms. The second-order valence-corrected chi connectivity index (χ2v) is 5.11. The third-order valence-corrected chi connectivity index (χ3v) is 3.53. The van der Waals surface area contributed by atoms with Crippen LogP contribution in [0.4, 0.5) is 5.69 Å². The highest BCUT2D eigenvalue weighted by Crippen LogP contribution is 2.28. The number of hydrogen-bond donors (Lipinski definition) is 1. The van der Waals surface area contributed by atoms with Crippen LogP contribution in [0.3, 0.4) is 0 Å². The third kappa shape index (κ3) is 2.10. The molecule has 0 unspecified atom stereocenters. The molecule has 1 aromatic rings. The highest BCUT2D eigenvalue weighted by atomic mass is 16.2. The molecule has 1 aromatic carbocycles. The lowest BCUT2D eigenvalue weighted by atomic mass is 10.1. The number of benzene rings is 1. The van der Waals surface area contributed by atoms with Gasteiger partial charge in [-0.05, 0) is 30.0 Å². The van der Waals surface area contributed by atoms with Gasteiger partial charge in [-0.2, -0.15) is 0 Å². The molecule has 18 heavy (non-hydrogen) atoms. The summed E-state index contributed by atoms with van der Waals surface area (Å²) < 4.78 is 0. The van der Waals surface area contributed by atoms with Crippen LogP contribution in [0.25, 0.3) is 0 Å². The van der Waals surface area contributed by atoms with Crippen molar-refractivity contribution in [3.8, 4) is 0 Å². The minimum absolute atomic E-state index is 0.0788. The van der Waals surface area contributed by atoms with Gasteiger partial charge in [0.1, 0.15) is 0 Å². The van der Waals surface area contributed by atoms with Crippen LogP contribution in [0, 0.1) is 0 Å². The van der Waals surface area contributed by atoms with Crippen molar-refractivity contribution in [3.63, 3.8) is 0 Å². The molecule has 2 aliphatic rings. The molecule has 4 heteroatoms. The van der Waals surface area contributed by atoms with Gasteiger partial charge in [0.2, 0.25) is 11.8 Å². The van der Waals surface area contributed by atoms with E-state index in [-0.39, 0.29) is 11.8 Å². The molecule has 0 atom stereocenters. The zero-order valence-electron chi connectivity index (χ0n) is 10.4. The average Bonchev–Trinajstić information content (AvgIpc) is 3.07. The second kappa shape index (κ2) is 4.12. The Bertz CT molecular complexity index is 521. The van der Waals surface area contributed by atoms with Gasteiger partial charge in [-0.3, -0.25) is 9.59 Å². The molecule has 1 fully saturated rings. The number of carbonyl (C=O) groups is 2. The number of carbonyl (C=O) groups excluding carboxylic acids is 2. The number of rotatable bonds is 3. The first-order valence-electron chi connectivity index (χ1n) is 6.31. The fraction of sp³-hybridized carbons (Fsp3) is 0.429. The molecular formula is C14H16N2O2. The molecule has 2 amide bonds. The summed E-state index contributed by atoms with van der Waals surface area (Å²) in [7, 11) is 1.79. The van der Waals surface area contributed by atoms with Crippen LogP contribution in [-0.2, 0) is 22.4 Å². The maximum absolute atomic E-state index is 11.7. The minimum atomic E-state index is 0.0788. The van der Waals surface area contributed by atoms with E-state index in [0.717, 1.165) is 29.7 Å². The summed E-state index contributed by atoms with van der Waals surface area (Å²) in [6, 6.07) is 6.24. The largest absolute Gasteiger partial charge is 0.353 e. The molecule has 1 aliphatic carbocycles. The van der Waals surface area contributed by atoms with Crippen LogP contribution >= 0.6 is 0 Å². The van der Waals surface area contributed by atoms with Crippen LogP contribution in [0.1, 0.15) is 24.0 Å². The molecular weight excluding hydrogens is 228 g/mol. The Morgan fingerprint density at radius 1 is 1.44 bits per heavy atom. The van der Waals surface area contributed by atoms with Crippen molar-refractivity contribution >= 4 is 17.5 Å². The Balaban J connectivity index is 1.72. The summed E-state index contributed by atoms with van der Waals surface area (Å²) in [5.41, 5.74) is 2.97. The zero-order valence-corrected chi connectivity index (χ0v) is 10.4. The topological polar surface area (TPSA) is 49.4 Å². The van der Waals surface area contributed by atoms with E-state index in [2.05, 4.69) is 5.32 Å². The Hall–Kier alpha value is -1.84. The smallest absolute Gasteiger partial charge is 0.231 e. The molecule has 0 bridgehead atoms. The monoisotopic (exact) mass is 244 g/mol. The van der Waals surface area contributed by atoms with Gasteiger partial charge in [-0.1, -0.05) is 12.1 Å². The van der Waals surface area contributed by atoms with Gasteiger partial charge in [0.05, 0.1) is 12.8 Å². The van der Waals surface area contributed by atoms with Crippen molar-refractivity contribution in [1.82, 2.24) is 5.32 Å². The Morgan fingerprint density at radius 2 is 2.22 bits per heavy atom. The normalized spacial score (nSPS) is 17.8. The Labute approximate surface area is 106 Å². The van der Waals surface area contributed by atoms with Crippen LogP contribution in [-0.4, -0.2) is 24.9 Å². The van der Waals surface area contributed by atoms with Crippen molar-refractivity contribution < 1.29 is 9.59 Å². The van der Waals surface area contributed by atoms with E-state index in [9.17, 15) is 9.59 Å². The molecule has 0 saturated heterocycles. The van der Waals surface area contributed by atoms with E-state index in [1.165, 1.54) is 0 Å². The van der Waals surface area contributed by atoms with Gasteiger partial charge in [-0.25, -0.2) is 0 Å². The van der Waals surface area contributed by atoms with Crippen LogP contribution < -0.4 is 10.2 Å². The van der Waals surface area contributed by atoms with Gasteiger partial charge < -0.3 is 10.2 Å². The number of nitrogens with zero attached hydrogens (tertiary/aromatic N) is 1. The number of fused-ring (bicyclic) bond motifs is 1. The summed E-state index contributed by atoms with van der Waals surface area (Å²) in [6.45, 7) is 0. The first-order chi connectivity index (χ1) is 8.63. The van der Waals surface area contributed by atoms with Crippen molar-refractivity contribution in [3.05, 3.63) is 29.3 Å². The van der Waals surface area contributed by atoms with Crippen molar-refractivity contribution in [2.45, 2.75) is 31.7 Å². The molecule has 94 valence electrons. The number of amides is 2. The van der Waals surface area contributed by atoms with Crippen LogP contribution in [0.2, 0.25) is 0 Å². The Kier molecular flexibility index (Phi) is 2.58. The number of nitrogens with one attached hydrogen (secondary N) is 1. The summed E-state index contributed by atoms with van der Waals surface area (Å²) in [4.78, 5) is 24.9. The average molecular weight is 244 g/mol. The van der Waals surface area contributed by atoms with Gasteiger partial charge in [0.15, 0.2) is 0 Å². The van der Waals surface area contributed by atoms with E-state index in [1.54, 1.807) is 11.9 Å². The first-order valence-corrected chi connectivity index (χ1v) is 6.31. The van der Waals surface area contributed by atoms with Crippen LogP contribution in [0.15, 0.2) is 18.2 Å². The van der Waals surface area contributed by atoms with E-state index in [1.807, 2.05) is 18.2 Å². The standard InChI is InChI=1S/C14H16N2O2/c1-16-12-5-2-9(6-10(12)8-14(16)18)7-13(17)15-11-3-4-11/h2,5-6,11H,3-4,7-8H2,1H3,(H,15,17). The maximum atomic E-state index is 11.7. The summed E-state index contributed by atoms with van der Waals surface area (Å²) >= 11 is 0. The number of hydrogen-bond acceptors (Lipinski definition) is 2. The van der Waals surface area contributed by atoms with E-state index < -0.39 is 0 Å². The predicted molar refractivity (Wildman–Crippen MR) is 68.4 cm³/mol. The van der Waals surface area contributed by atoms with E-state index in [4.69, 9.17) is 0 Å². The maximum Gasteiger partial charge on any atom is 0.231 e. The molecule has 1 heterocycles. The van der Waals surface area contributed by atoms with Crippen molar-refractivity contribution in [2.75, 3.05) is 11.9 Å². The van der Waals surface area contributed by atoms with Crippen LogP contribution in [0.5, 0.6) is 0 Å². The summed E-state index contributed by atoms with van der Waals surface area (Å²) in [6.07, 6.45) is 3.07. The van der Waals surface area contributed by atoms with Gasteiger partial charge in [0.25, 0.3) is 0 Å². The second-order valence-electron chi connectivity index (χ2n) is 5.11. The lowest BCUT2D eigenvalue weighted by molar-refractivity contribution is -0.120.